The number of nitrogens with zero attached hydrogens (tertiary/aromatic N) is 2. The van der Waals surface area contributed by atoms with Gasteiger partial charge < -0.3 is 14.5 Å². The van der Waals surface area contributed by atoms with Crippen molar-refractivity contribution < 1.29 is 26.9 Å². The standard InChI is InChI=1S/C28H32N4O6S2/c1-18-30-24(17-39-18)23(15-20-10-12-21(13-11-20)32-40(34,35)36)31-27-29-16-25(37-27)22(26(33)38-28(2,3)4)14-19-8-6-5-7-9-19/h5-13,16-17,22-23,32H,14-15H2,1-4H3,(H,29,31)(H,34,35,36)/t22-,23?/m0/s1. The van der Waals surface area contributed by atoms with Crippen LogP contribution in [0, 0.1) is 6.92 Å². The van der Waals surface area contributed by atoms with Crippen molar-refractivity contribution >= 4 is 39.3 Å². The first-order valence-corrected chi connectivity index (χ1v) is 14.9. The van der Waals surface area contributed by atoms with Gasteiger partial charge in [-0.3, -0.25) is 14.1 Å². The number of aromatic nitrogens is 2. The maximum absolute atomic E-state index is 13.2. The highest BCUT2D eigenvalue weighted by Crippen LogP contribution is 2.30. The Morgan fingerprint density at radius 3 is 2.35 bits per heavy atom. The molecule has 0 aliphatic heterocycles. The summed E-state index contributed by atoms with van der Waals surface area (Å²) in [5, 5.41) is 6.15. The summed E-state index contributed by atoms with van der Waals surface area (Å²) in [5.74, 6) is -0.703. The van der Waals surface area contributed by atoms with E-state index < -0.39 is 27.8 Å². The van der Waals surface area contributed by atoms with Gasteiger partial charge in [-0.2, -0.15) is 8.42 Å². The summed E-state index contributed by atoms with van der Waals surface area (Å²) < 4.78 is 45.0. The monoisotopic (exact) mass is 584 g/mol. The number of anilines is 2. The van der Waals surface area contributed by atoms with Crippen LogP contribution >= 0.6 is 11.3 Å². The number of carbonyl (C=O) groups is 1. The topological polar surface area (TPSA) is 144 Å². The molecule has 1 unspecified atom stereocenters. The van der Waals surface area contributed by atoms with Crippen molar-refractivity contribution in [2.24, 2.45) is 0 Å². The van der Waals surface area contributed by atoms with Crippen molar-refractivity contribution in [3.63, 3.8) is 0 Å². The van der Waals surface area contributed by atoms with Crippen molar-refractivity contribution in [3.8, 4) is 0 Å². The second kappa shape index (κ2) is 12.2. The van der Waals surface area contributed by atoms with E-state index in [1.165, 1.54) is 11.3 Å². The lowest BCUT2D eigenvalue weighted by molar-refractivity contribution is -0.157. The van der Waals surface area contributed by atoms with Gasteiger partial charge in [-0.1, -0.05) is 42.5 Å². The third-order valence-electron chi connectivity index (χ3n) is 5.77. The van der Waals surface area contributed by atoms with Crippen LogP contribution < -0.4 is 10.0 Å². The molecule has 212 valence electrons. The summed E-state index contributed by atoms with van der Waals surface area (Å²) in [6.45, 7) is 7.39. The van der Waals surface area contributed by atoms with E-state index in [-0.39, 0.29) is 17.7 Å². The maximum atomic E-state index is 13.2. The van der Waals surface area contributed by atoms with Crippen molar-refractivity contribution in [1.82, 2.24) is 9.97 Å². The first-order chi connectivity index (χ1) is 18.8. The average molecular weight is 585 g/mol. The number of ether oxygens (including phenoxy) is 1. The fourth-order valence-electron chi connectivity index (χ4n) is 4.05. The first-order valence-electron chi connectivity index (χ1n) is 12.6. The first kappa shape index (κ1) is 29.2. The molecule has 0 saturated heterocycles. The van der Waals surface area contributed by atoms with Crippen molar-refractivity contribution in [1.29, 1.82) is 0 Å². The van der Waals surface area contributed by atoms with Crippen LogP contribution in [0.4, 0.5) is 11.7 Å². The minimum Gasteiger partial charge on any atom is -0.459 e. The maximum Gasteiger partial charge on any atom is 0.357 e. The number of hydrogen-bond acceptors (Lipinski definition) is 9. The molecule has 40 heavy (non-hydrogen) atoms. The van der Waals surface area contributed by atoms with Crippen LogP contribution in [0.5, 0.6) is 0 Å². The van der Waals surface area contributed by atoms with E-state index in [2.05, 4.69) is 15.3 Å². The van der Waals surface area contributed by atoms with Gasteiger partial charge in [-0.25, -0.2) is 9.97 Å². The van der Waals surface area contributed by atoms with Crippen LogP contribution in [0.15, 0.2) is 70.6 Å². The molecule has 12 heteroatoms. The van der Waals surface area contributed by atoms with Gasteiger partial charge in [-0.15, -0.1) is 11.3 Å². The lowest BCUT2D eigenvalue weighted by atomic mass is 9.97. The van der Waals surface area contributed by atoms with Crippen molar-refractivity contribution in [2.45, 2.75) is 58.1 Å². The molecule has 4 aromatic rings. The fourth-order valence-corrected chi connectivity index (χ4v) is 5.15. The van der Waals surface area contributed by atoms with E-state index >= 15 is 0 Å². The Bertz CT molecular complexity index is 1530. The quantitative estimate of drug-likeness (QED) is 0.149. The van der Waals surface area contributed by atoms with Crippen LogP contribution in [0.3, 0.4) is 0 Å². The molecular weight excluding hydrogens is 552 g/mol. The largest absolute Gasteiger partial charge is 0.459 e. The highest BCUT2D eigenvalue weighted by atomic mass is 32.2. The number of aryl methyl sites for hydroxylation is 1. The van der Waals surface area contributed by atoms with Gasteiger partial charge in [0.2, 0.25) is 0 Å². The Morgan fingerprint density at radius 1 is 1.07 bits per heavy atom. The van der Waals surface area contributed by atoms with Gasteiger partial charge in [0.1, 0.15) is 17.3 Å². The van der Waals surface area contributed by atoms with Crippen LogP contribution in [0.2, 0.25) is 0 Å². The highest BCUT2D eigenvalue weighted by Gasteiger charge is 2.30. The minimum absolute atomic E-state index is 0.233. The minimum atomic E-state index is -4.36. The Kier molecular flexibility index (Phi) is 8.92. The lowest BCUT2D eigenvalue weighted by Crippen LogP contribution is -2.28. The Balaban J connectivity index is 1.56. The summed E-state index contributed by atoms with van der Waals surface area (Å²) in [6.07, 6.45) is 2.41. The highest BCUT2D eigenvalue weighted by molar-refractivity contribution is 7.87. The van der Waals surface area contributed by atoms with Gasteiger partial charge in [0.25, 0.3) is 6.01 Å². The summed E-state index contributed by atoms with van der Waals surface area (Å²) in [5.41, 5.74) is 2.21. The average Bonchev–Trinajstić information content (AvgIpc) is 3.51. The van der Waals surface area contributed by atoms with Gasteiger partial charge in [-0.05, 0) is 63.8 Å². The molecule has 0 bridgehead atoms. The van der Waals surface area contributed by atoms with Crippen LogP contribution in [0.25, 0.3) is 0 Å². The third-order valence-corrected chi connectivity index (χ3v) is 7.06. The number of esters is 1. The second-order valence-corrected chi connectivity index (χ2v) is 12.5. The molecule has 0 amide bonds. The van der Waals surface area contributed by atoms with E-state index in [1.54, 1.807) is 30.5 Å². The second-order valence-electron chi connectivity index (χ2n) is 10.3. The number of nitrogens with one attached hydrogen (secondary N) is 2. The number of carbonyl (C=O) groups excluding carboxylic acids is 1. The van der Waals surface area contributed by atoms with E-state index in [1.807, 2.05) is 68.1 Å². The zero-order chi connectivity index (χ0) is 28.9. The molecule has 0 aliphatic rings. The molecule has 10 nitrogen and oxygen atoms in total. The summed E-state index contributed by atoms with van der Waals surface area (Å²) >= 11 is 1.52. The molecule has 2 aromatic heterocycles. The molecule has 0 aliphatic carbocycles. The van der Waals surface area contributed by atoms with Gasteiger partial charge in [0, 0.05) is 5.38 Å². The van der Waals surface area contributed by atoms with E-state index in [0.717, 1.165) is 21.8 Å². The molecule has 2 heterocycles. The molecule has 2 aromatic carbocycles. The summed E-state index contributed by atoms with van der Waals surface area (Å²) in [6, 6.07) is 16.2. The number of rotatable bonds is 11. The van der Waals surface area contributed by atoms with Gasteiger partial charge >= 0.3 is 16.3 Å². The third kappa shape index (κ3) is 8.63. The molecule has 0 fully saturated rings. The van der Waals surface area contributed by atoms with Gasteiger partial charge in [0.05, 0.1) is 28.6 Å². The Morgan fingerprint density at radius 2 is 1.75 bits per heavy atom. The molecule has 0 saturated carbocycles. The zero-order valence-electron chi connectivity index (χ0n) is 22.6. The molecule has 0 radical (unpaired) electrons. The van der Waals surface area contributed by atoms with E-state index in [4.69, 9.17) is 13.7 Å². The number of oxazole rings is 1. The predicted octanol–water partition coefficient (Wildman–Crippen LogP) is 5.72. The SMILES string of the molecule is Cc1nc(C(Cc2ccc(NS(=O)(=O)O)cc2)Nc2ncc([C@H](Cc3ccccc3)C(=O)OC(C)(C)C)o2)cs1. The molecule has 2 atom stereocenters. The molecule has 4 rings (SSSR count). The van der Waals surface area contributed by atoms with Crippen molar-refractivity contribution in [3.05, 3.63) is 93.8 Å². The van der Waals surface area contributed by atoms with E-state index in [0.29, 0.717) is 18.6 Å². The molecular formula is C28H32N4O6S2. The Labute approximate surface area is 237 Å². The van der Waals surface area contributed by atoms with E-state index in [9.17, 15) is 13.2 Å². The van der Waals surface area contributed by atoms with Crippen LogP contribution in [-0.2, 0) is 32.7 Å². The summed E-state index contributed by atoms with van der Waals surface area (Å²) in [4.78, 5) is 22.2. The molecule has 0 spiro atoms. The predicted molar refractivity (Wildman–Crippen MR) is 154 cm³/mol. The van der Waals surface area contributed by atoms with Crippen molar-refractivity contribution in [2.75, 3.05) is 10.0 Å². The Hall–Kier alpha value is -3.74. The zero-order valence-corrected chi connectivity index (χ0v) is 24.3. The van der Waals surface area contributed by atoms with Gasteiger partial charge in [0.15, 0.2) is 0 Å². The molecule has 3 N–H and O–H groups in total. The smallest absolute Gasteiger partial charge is 0.357 e. The number of hydrogen-bond donors (Lipinski definition) is 3. The normalized spacial score (nSPS) is 13.4. The number of thiazole rings is 1. The fraction of sp³-hybridized carbons (Fsp3) is 0.321. The summed E-state index contributed by atoms with van der Waals surface area (Å²) in [7, 11) is -4.36. The lowest BCUT2D eigenvalue weighted by Gasteiger charge is -2.23. The van der Waals surface area contributed by atoms with Crippen LogP contribution in [0.1, 0.15) is 60.3 Å². The number of benzene rings is 2. The van der Waals surface area contributed by atoms with Crippen LogP contribution in [-0.4, -0.2) is 34.5 Å².